The Morgan fingerprint density at radius 3 is 2.38 bits per heavy atom. The van der Waals surface area contributed by atoms with Crippen molar-refractivity contribution in [3.63, 3.8) is 0 Å². The van der Waals surface area contributed by atoms with Gasteiger partial charge < -0.3 is 15.4 Å². The SMILES string of the molecule is Cc1ccc(CN2C(=O)O[C@@H](c3cccc(NC(=O)C(C)C)c3)[C@H]2C(=O)NC(C)C)cc1. The molecule has 1 heterocycles. The number of hydrogen-bond acceptors (Lipinski definition) is 4. The van der Waals surface area contributed by atoms with Gasteiger partial charge in [-0.1, -0.05) is 55.8 Å². The van der Waals surface area contributed by atoms with E-state index in [9.17, 15) is 14.4 Å². The van der Waals surface area contributed by atoms with E-state index in [2.05, 4.69) is 10.6 Å². The summed E-state index contributed by atoms with van der Waals surface area (Å²) in [6.07, 6.45) is -1.33. The minimum atomic E-state index is -0.831. The van der Waals surface area contributed by atoms with Gasteiger partial charge in [-0.05, 0) is 44.0 Å². The Balaban J connectivity index is 1.91. The Morgan fingerprint density at radius 1 is 1.06 bits per heavy atom. The number of carbonyl (C=O) groups excluding carboxylic acids is 3. The number of nitrogens with one attached hydrogen (secondary N) is 2. The number of amides is 3. The summed E-state index contributed by atoms with van der Waals surface area (Å²) < 4.78 is 5.69. The van der Waals surface area contributed by atoms with Crippen molar-refractivity contribution in [1.82, 2.24) is 10.2 Å². The van der Waals surface area contributed by atoms with Gasteiger partial charge in [0.2, 0.25) is 11.8 Å². The standard InChI is InChI=1S/C25H31N3O4/c1-15(2)23(29)27-20-8-6-7-19(13-20)22-21(24(30)26-16(3)4)28(25(31)32-22)14-18-11-9-17(5)10-12-18/h6-13,15-16,21-22H,14H2,1-5H3,(H,26,30)(H,27,29)/t21-,22-/m0/s1. The molecule has 7 nitrogen and oxygen atoms in total. The predicted octanol–water partition coefficient (Wildman–Crippen LogP) is 4.18. The molecule has 3 amide bonds. The molecule has 0 radical (unpaired) electrons. The average molecular weight is 438 g/mol. The highest BCUT2D eigenvalue weighted by atomic mass is 16.6. The fourth-order valence-corrected chi connectivity index (χ4v) is 3.55. The lowest BCUT2D eigenvalue weighted by Crippen LogP contribution is -2.48. The quantitative estimate of drug-likeness (QED) is 0.680. The molecule has 0 unspecified atom stereocenters. The first-order valence-electron chi connectivity index (χ1n) is 10.9. The summed E-state index contributed by atoms with van der Waals surface area (Å²) in [5, 5.41) is 5.76. The molecule has 2 N–H and O–H groups in total. The lowest BCUT2D eigenvalue weighted by molar-refractivity contribution is -0.127. The van der Waals surface area contributed by atoms with Gasteiger partial charge in [-0.25, -0.2) is 4.79 Å². The molecule has 0 aliphatic carbocycles. The van der Waals surface area contributed by atoms with Gasteiger partial charge in [0.05, 0.1) is 6.54 Å². The summed E-state index contributed by atoms with van der Waals surface area (Å²) in [6, 6.07) is 14.0. The zero-order valence-electron chi connectivity index (χ0n) is 19.2. The van der Waals surface area contributed by atoms with Gasteiger partial charge in [-0.2, -0.15) is 0 Å². The van der Waals surface area contributed by atoms with Gasteiger partial charge in [-0.15, -0.1) is 0 Å². The Kier molecular flexibility index (Phi) is 7.18. The number of benzene rings is 2. The fourth-order valence-electron chi connectivity index (χ4n) is 3.55. The molecule has 1 fully saturated rings. The number of ether oxygens (including phenoxy) is 1. The van der Waals surface area contributed by atoms with Crippen molar-refractivity contribution in [3.8, 4) is 0 Å². The fraction of sp³-hybridized carbons (Fsp3) is 0.400. The van der Waals surface area contributed by atoms with E-state index in [0.29, 0.717) is 11.3 Å². The molecule has 1 aliphatic heterocycles. The van der Waals surface area contributed by atoms with Gasteiger partial charge in [0.15, 0.2) is 12.1 Å². The van der Waals surface area contributed by atoms with Crippen LogP contribution in [0.2, 0.25) is 0 Å². The van der Waals surface area contributed by atoms with Crippen molar-refractivity contribution >= 4 is 23.6 Å². The van der Waals surface area contributed by atoms with Crippen LogP contribution in [0.1, 0.15) is 50.5 Å². The Labute approximate surface area is 189 Å². The second kappa shape index (κ2) is 9.85. The first kappa shape index (κ1) is 23.3. The normalized spacial score (nSPS) is 18.1. The van der Waals surface area contributed by atoms with Gasteiger partial charge in [0, 0.05) is 17.6 Å². The van der Waals surface area contributed by atoms with E-state index in [1.807, 2.05) is 58.9 Å². The van der Waals surface area contributed by atoms with Crippen molar-refractivity contribution in [2.75, 3.05) is 5.32 Å². The van der Waals surface area contributed by atoms with Crippen LogP contribution >= 0.6 is 0 Å². The van der Waals surface area contributed by atoms with E-state index in [4.69, 9.17) is 4.74 Å². The third kappa shape index (κ3) is 5.46. The van der Waals surface area contributed by atoms with E-state index in [1.165, 1.54) is 4.90 Å². The third-order valence-electron chi connectivity index (χ3n) is 5.27. The number of cyclic esters (lactones) is 1. The maximum Gasteiger partial charge on any atom is 0.411 e. The van der Waals surface area contributed by atoms with E-state index in [-0.39, 0.29) is 30.3 Å². The summed E-state index contributed by atoms with van der Waals surface area (Å²) in [5.41, 5.74) is 3.27. The zero-order chi connectivity index (χ0) is 23.4. The van der Waals surface area contributed by atoms with Crippen molar-refractivity contribution in [2.24, 2.45) is 5.92 Å². The number of nitrogens with zero attached hydrogens (tertiary/aromatic N) is 1. The Morgan fingerprint density at radius 2 is 1.75 bits per heavy atom. The number of rotatable bonds is 7. The molecule has 2 aromatic rings. The van der Waals surface area contributed by atoms with Crippen LogP contribution in [0.15, 0.2) is 48.5 Å². The van der Waals surface area contributed by atoms with E-state index >= 15 is 0 Å². The number of carbonyl (C=O) groups is 3. The van der Waals surface area contributed by atoms with Crippen LogP contribution in [0.3, 0.4) is 0 Å². The first-order chi connectivity index (χ1) is 15.2. The number of anilines is 1. The maximum atomic E-state index is 13.1. The number of hydrogen-bond donors (Lipinski definition) is 2. The average Bonchev–Trinajstić information content (AvgIpc) is 3.05. The van der Waals surface area contributed by atoms with Crippen molar-refractivity contribution in [1.29, 1.82) is 0 Å². The summed E-state index contributed by atoms with van der Waals surface area (Å²) >= 11 is 0. The lowest BCUT2D eigenvalue weighted by atomic mass is 9.99. The van der Waals surface area contributed by atoms with Gasteiger partial charge >= 0.3 is 6.09 Å². The topological polar surface area (TPSA) is 87.7 Å². The molecular weight excluding hydrogens is 406 g/mol. The molecule has 0 aromatic heterocycles. The molecule has 7 heteroatoms. The summed E-state index contributed by atoms with van der Waals surface area (Å²) in [4.78, 5) is 39.5. The third-order valence-corrected chi connectivity index (χ3v) is 5.27. The highest BCUT2D eigenvalue weighted by Crippen LogP contribution is 2.35. The van der Waals surface area contributed by atoms with E-state index < -0.39 is 18.2 Å². The highest BCUT2D eigenvalue weighted by Gasteiger charge is 2.47. The van der Waals surface area contributed by atoms with Gasteiger partial charge in [-0.3, -0.25) is 14.5 Å². The maximum absolute atomic E-state index is 13.1. The highest BCUT2D eigenvalue weighted by molar-refractivity contribution is 5.92. The van der Waals surface area contributed by atoms with Gasteiger partial charge in [0.25, 0.3) is 0 Å². The molecule has 2 atom stereocenters. The molecule has 170 valence electrons. The van der Waals surface area contributed by atoms with Crippen LogP contribution in [0.25, 0.3) is 0 Å². The molecular formula is C25H31N3O4. The second-order valence-electron chi connectivity index (χ2n) is 8.80. The zero-order valence-corrected chi connectivity index (χ0v) is 19.2. The molecule has 1 saturated heterocycles. The molecule has 0 saturated carbocycles. The molecule has 2 aromatic carbocycles. The first-order valence-corrected chi connectivity index (χ1v) is 10.9. The molecule has 3 rings (SSSR count). The van der Waals surface area contributed by atoms with E-state index in [0.717, 1.165) is 11.1 Å². The van der Waals surface area contributed by atoms with Crippen LogP contribution < -0.4 is 10.6 Å². The van der Waals surface area contributed by atoms with Crippen LogP contribution in [-0.4, -0.2) is 34.9 Å². The second-order valence-corrected chi connectivity index (χ2v) is 8.80. The summed E-state index contributed by atoms with van der Waals surface area (Å²) in [6.45, 7) is 9.62. The van der Waals surface area contributed by atoms with E-state index in [1.54, 1.807) is 24.3 Å². The smallest absolute Gasteiger partial charge is 0.411 e. The van der Waals surface area contributed by atoms with Crippen molar-refractivity contribution in [3.05, 3.63) is 65.2 Å². The van der Waals surface area contributed by atoms with Gasteiger partial charge in [0.1, 0.15) is 0 Å². The Bertz CT molecular complexity index is 985. The van der Waals surface area contributed by atoms with Crippen LogP contribution in [0.5, 0.6) is 0 Å². The summed E-state index contributed by atoms with van der Waals surface area (Å²) in [5.74, 6) is -0.558. The molecule has 0 bridgehead atoms. The van der Waals surface area contributed by atoms with Crippen molar-refractivity contribution in [2.45, 2.75) is 59.4 Å². The van der Waals surface area contributed by atoms with Crippen LogP contribution in [0.4, 0.5) is 10.5 Å². The lowest BCUT2D eigenvalue weighted by Gasteiger charge is -2.25. The number of aryl methyl sites for hydroxylation is 1. The summed E-state index contributed by atoms with van der Waals surface area (Å²) in [7, 11) is 0. The van der Waals surface area contributed by atoms with Crippen molar-refractivity contribution < 1.29 is 19.1 Å². The minimum Gasteiger partial charge on any atom is -0.438 e. The minimum absolute atomic E-state index is 0.0864. The molecule has 1 aliphatic rings. The van der Waals surface area contributed by atoms with Crippen LogP contribution in [-0.2, 0) is 20.9 Å². The molecule has 0 spiro atoms. The Hall–Kier alpha value is -3.35. The monoisotopic (exact) mass is 437 g/mol. The molecule has 32 heavy (non-hydrogen) atoms. The van der Waals surface area contributed by atoms with Crippen LogP contribution in [0, 0.1) is 12.8 Å². The predicted molar refractivity (Wildman–Crippen MR) is 123 cm³/mol. The largest absolute Gasteiger partial charge is 0.438 e.